The van der Waals surface area contributed by atoms with Gasteiger partial charge in [0.25, 0.3) is 0 Å². The van der Waals surface area contributed by atoms with Crippen molar-refractivity contribution in [1.29, 1.82) is 0 Å². The van der Waals surface area contributed by atoms with Gasteiger partial charge in [0.05, 0.1) is 12.2 Å². The molecule has 2 aromatic rings. The van der Waals surface area contributed by atoms with Crippen LogP contribution >= 0.6 is 0 Å². The van der Waals surface area contributed by atoms with E-state index in [0.717, 1.165) is 6.07 Å². The fourth-order valence-electron chi connectivity index (χ4n) is 3.40. The van der Waals surface area contributed by atoms with Gasteiger partial charge < -0.3 is 39.8 Å². The van der Waals surface area contributed by atoms with E-state index in [4.69, 9.17) is 9.15 Å². The number of aliphatic hydroxyl groups is 4. The highest BCUT2D eigenvalue weighted by atomic mass is 16.5. The predicted octanol–water partition coefficient (Wildman–Crippen LogP) is 0.233. The molecule has 2 unspecified atom stereocenters. The molecule has 1 aliphatic rings. The van der Waals surface area contributed by atoms with E-state index in [0.29, 0.717) is 12.2 Å². The first-order valence-electron chi connectivity index (χ1n) is 9.04. The third-order valence-electron chi connectivity index (χ3n) is 5.29. The van der Waals surface area contributed by atoms with Gasteiger partial charge in [-0.05, 0) is 6.42 Å². The van der Waals surface area contributed by atoms with E-state index in [9.17, 15) is 35.4 Å². The van der Waals surface area contributed by atoms with Gasteiger partial charge in [0.1, 0.15) is 53.2 Å². The molecule has 0 saturated carbocycles. The van der Waals surface area contributed by atoms with Crippen LogP contribution in [-0.4, -0.2) is 61.7 Å². The van der Waals surface area contributed by atoms with Crippen LogP contribution < -0.4 is 5.43 Å². The molecular weight excluding hydrogens is 372 g/mol. The number of rotatable bonds is 4. The molecule has 3 rings (SSSR count). The smallest absolute Gasteiger partial charge is 0.196 e. The molecule has 28 heavy (non-hydrogen) atoms. The second-order valence-electron chi connectivity index (χ2n) is 7.10. The fraction of sp³-hybridized carbons (Fsp3) is 0.526. The number of aromatic hydroxyl groups is 2. The number of hydrogen-bond acceptors (Lipinski definition) is 9. The van der Waals surface area contributed by atoms with Crippen LogP contribution in [0.25, 0.3) is 11.0 Å². The van der Waals surface area contributed by atoms with Gasteiger partial charge in [0.15, 0.2) is 11.0 Å². The summed E-state index contributed by atoms with van der Waals surface area (Å²) in [6.07, 6.45) is -6.92. The number of phenols is 2. The lowest BCUT2D eigenvalue weighted by Crippen LogP contribution is -2.55. The minimum Gasteiger partial charge on any atom is -0.507 e. The summed E-state index contributed by atoms with van der Waals surface area (Å²) in [5.74, 6) is -0.857. The molecule has 9 nitrogen and oxygen atoms in total. The minimum atomic E-state index is -1.69. The van der Waals surface area contributed by atoms with Gasteiger partial charge in [-0.25, -0.2) is 0 Å². The average molecular weight is 396 g/mol. The van der Waals surface area contributed by atoms with Gasteiger partial charge in [-0.15, -0.1) is 0 Å². The maximum Gasteiger partial charge on any atom is 0.196 e. The van der Waals surface area contributed by atoms with E-state index in [1.807, 2.05) is 13.8 Å². The summed E-state index contributed by atoms with van der Waals surface area (Å²) >= 11 is 0. The van der Waals surface area contributed by atoms with Gasteiger partial charge in [0.2, 0.25) is 0 Å². The van der Waals surface area contributed by atoms with Crippen molar-refractivity contribution in [3.63, 3.8) is 0 Å². The minimum absolute atomic E-state index is 0.135. The molecule has 0 bridgehead atoms. The average Bonchev–Trinajstić information content (AvgIpc) is 2.66. The van der Waals surface area contributed by atoms with E-state index >= 15 is 0 Å². The second-order valence-corrected chi connectivity index (χ2v) is 7.10. The highest BCUT2D eigenvalue weighted by Crippen LogP contribution is 2.43. The monoisotopic (exact) mass is 396 g/mol. The van der Waals surface area contributed by atoms with E-state index in [1.165, 1.54) is 6.07 Å². The predicted molar refractivity (Wildman–Crippen MR) is 97.2 cm³/mol. The molecule has 2 heterocycles. The van der Waals surface area contributed by atoms with Crippen LogP contribution in [0.4, 0.5) is 0 Å². The number of aliphatic hydroxyl groups excluding tert-OH is 4. The summed E-state index contributed by atoms with van der Waals surface area (Å²) in [6, 6.07) is 2.17. The van der Waals surface area contributed by atoms with Crippen molar-refractivity contribution in [2.75, 3.05) is 6.61 Å². The van der Waals surface area contributed by atoms with Crippen molar-refractivity contribution in [2.45, 2.75) is 56.7 Å². The zero-order valence-corrected chi connectivity index (χ0v) is 15.4. The van der Waals surface area contributed by atoms with Crippen molar-refractivity contribution in [2.24, 2.45) is 0 Å². The fourth-order valence-corrected chi connectivity index (χ4v) is 3.40. The molecule has 6 atom stereocenters. The molecule has 1 aromatic heterocycles. The summed E-state index contributed by atoms with van der Waals surface area (Å²) in [6.45, 7) is 3.08. The highest BCUT2D eigenvalue weighted by molar-refractivity contribution is 5.88. The van der Waals surface area contributed by atoms with E-state index < -0.39 is 54.1 Å². The molecule has 0 aliphatic carbocycles. The lowest BCUT2D eigenvalue weighted by atomic mass is 9.89. The summed E-state index contributed by atoms with van der Waals surface area (Å²) < 4.78 is 11.3. The Morgan fingerprint density at radius 2 is 1.75 bits per heavy atom. The standard InChI is InChI=1S/C19H24O9/c1-3-7(2)11-5-10(23)13-8(21)4-9(22)14(18(13)27-11)19-17(26)16(25)15(24)12(6-20)28-19/h4-5,7,12,15-17,19-22,24-26H,3,6H2,1-2H3/t7?,12-,15-,16+,17-,19?/m1/s1. The SMILES string of the molecule is CCC(C)c1cc(=O)c2c(O)cc(O)c(C3O[C@H](CO)[C@@H](O)[C@H](O)[C@H]3O)c2o1. The Morgan fingerprint density at radius 3 is 2.36 bits per heavy atom. The van der Waals surface area contributed by atoms with E-state index in [-0.39, 0.29) is 22.5 Å². The molecule has 0 radical (unpaired) electrons. The van der Waals surface area contributed by atoms with Crippen molar-refractivity contribution in [1.82, 2.24) is 0 Å². The Morgan fingerprint density at radius 1 is 1.07 bits per heavy atom. The Balaban J connectivity index is 2.27. The van der Waals surface area contributed by atoms with Crippen LogP contribution in [0.1, 0.15) is 43.6 Å². The van der Waals surface area contributed by atoms with Crippen molar-refractivity contribution >= 4 is 11.0 Å². The summed E-state index contributed by atoms with van der Waals surface area (Å²) in [7, 11) is 0. The molecular formula is C19H24O9. The Hall–Kier alpha value is -2.17. The molecule has 1 saturated heterocycles. The summed E-state index contributed by atoms with van der Waals surface area (Å²) in [5.41, 5.74) is -0.892. The van der Waals surface area contributed by atoms with Crippen LogP contribution in [0.3, 0.4) is 0 Å². The first-order valence-corrected chi connectivity index (χ1v) is 9.04. The van der Waals surface area contributed by atoms with E-state index in [1.54, 1.807) is 0 Å². The van der Waals surface area contributed by atoms with Gasteiger partial charge in [-0.1, -0.05) is 13.8 Å². The molecule has 6 N–H and O–H groups in total. The molecule has 1 aromatic carbocycles. The maximum atomic E-state index is 12.6. The van der Waals surface area contributed by atoms with Gasteiger partial charge in [-0.2, -0.15) is 0 Å². The van der Waals surface area contributed by atoms with Crippen LogP contribution in [0.5, 0.6) is 11.5 Å². The third-order valence-corrected chi connectivity index (χ3v) is 5.29. The topological polar surface area (TPSA) is 161 Å². The number of benzene rings is 1. The van der Waals surface area contributed by atoms with Crippen molar-refractivity contribution in [3.8, 4) is 11.5 Å². The Labute approximate surface area is 160 Å². The molecule has 9 heteroatoms. The zero-order valence-electron chi connectivity index (χ0n) is 15.4. The first kappa shape index (κ1) is 20.6. The van der Waals surface area contributed by atoms with Crippen LogP contribution in [0.15, 0.2) is 21.3 Å². The van der Waals surface area contributed by atoms with Gasteiger partial charge in [-0.3, -0.25) is 4.79 Å². The van der Waals surface area contributed by atoms with Crippen LogP contribution in [0.2, 0.25) is 0 Å². The maximum absolute atomic E-state index is 12.6. The second kappa shape index (κ2) is 7.69. The lowest BCUT2D eigenvalue weighted by molar-refractivity contribution is -0.231. The zero-order chi connectivity index (χ0) is 20.7. The van der Waals surface area contributed by atoms with Gasteiger partial charge >= 0.3 is 0 Å². The van der Waals surface area contributed by atoms with Gasteiger partial charge in [0, 0.05) is 18.1 Å². The molecule has 1 aliphatic heterocycles. The molecule has 1 fully saturated rings. The number of fused-ring (bicyclic) bond motifs is 1. The largest absolute Gasteiger partial charge is 0.507 e. The van der Waals surface area contributed by atoms with Crippen LogP contribution in [0, 0.1) is 0 Å². The molecule has 0 spiro atoms. The Kier molecular flexibility index (Phi) is 5.64. The third kappa shape index (κ3) is 3.25. The number of hydrogen-bond donors (Lipinski definition) is 6. The quantitative estimate of drug-likeness (QED) is 0.425. The highest BCUT2D eigenvalue weighted by Gasteiger charge is 2.46. The summed E-state index contributed by atoms with van der Waals surface area (Å²) in [5, 5.41) is 60.2. The first-order chi connectivity index (χ1) is 13.2. The van der Waals surface area contributed by atoms with Crippen LogP contribution in [-0.2, 0) is 4.74 Å². The number of phenolic OH excluding ortho intramolecular Hbond substituents is 2. The summed E-state index contributed by atoms with van der Waals surface area (Å²) in [4.78, 5) is 12.6. The molecule has 0 amide bonds. The number of ether oxygens (including phenoxy) is 1. The molecule has 154 valence electrons. The lowest BCUT2D eigenvalue weighted by Gasteiger charge is -2.40. The van der Waals surface area contributed by atoms with E-state index in [2.05, 4.69) is 0 Å². The normalized spacial score (nSPS) is 29.1. The van der Waals surface area contributed by atoms with Crippen molar-refractivity contribution < 1.29 is 39.8 Å². The van der Waals surface area contributed by atoms with Crippen molar-refractivity contribution in [3.05, 3.63) is 33.7 Å². The Bertz CT molecular complexity index is 920.